The highest BCUT2D eigenvalue weighted by Gasteiger charge is 2.37. The van der Waals surface area contributed by atoms with E-state index in [2.05, 4.69) is 10.1 Å². The first-order valence-electron chi connectivity index (χ1n) is 7.21. The number of alkyl halides is 3. The lowest BCUT2D eigenvalue weighted by molar-refractivity contribution is -0.275. The van der Waals surface area contributed by atoms with E-state index in [1.165, 1.54) is 19.2 Å². The van der Waals surface area contributed by atoms with Crippen LogP contribution in [0.3, 0.4) is 0 Å². The van der Waals surface area contributed by atoms with Crippen molar-refractivity contribution in [2.75, 3.05) is 20.1 Å². The van der Waals surface area contributed by atoms with E-state index >= 15 is 0 Å². The van der Waals surface area contributed by atoms with Crippen molar-refractivity contribution >= 4 is 15.9 Å². The largest absolute Gasteiger partial charge is 0.573 e. The molecule has 1 N–H and O–H groups in total. The summed E-state index contributed by atoms with van der Waals surface area (Å²) in [4.78, 5) is 11.0. The molecule has 134 valence electrons. The zero-order chi connectivity index (χ0) is 18.0. The summed E-state index contributed by atoms with van der Waals surface area (Å²) in [5.74, 6) is -1.24. The monoisotopic (exact) mass is 366 g/mol. The Morgan fingerprint density at radius 3 is 2.38 bits per heavy atom. The molecular formula is C14H17F3N2O4S. The SMILES string of the molecule is CNC(=O)C1CCN(S(=O)(=O)c2ccccc2OC(F)(F)F)CC1. The molecule has 1 fully saturated rings. The number of rotatable bonds is 4. The number of halogens is 3. The third-order valence-electron chi connectivity index (χ3n) is 3.76. The molecule has 1 heterocycles. The Kier molecular flexibility index (Phi) is 5.38. The number of carbonyl (C=O) groups excluding carboxylic acids is 1. The van der Waals surface area contributed by atoms with Crippen molar-refractivity contribution in [2.24, 2.45) is 5.92 Å². The van der Waals surface area contributed by atoms with Gasteiger partial charge >= 0.3 is 6.36 Å². The van der Waals surface area contributed by atoms with Crippen LogP contribution in [-0.2, 0) is 14.8 Å². The number of benzene rings is 1. The lowest BCUT2D eigenvalue weighted by Gasteiger charge is -2.30. The lowest BCUT2D eigenvalue weighted by atomic mass is 9.97. The standard InChI is InChI=1S/C14H17F3N2O4S/c1-18-13(20)10-6-8-19(9-7-10)24(21,22)12-5-3-2-4-11(12)23-14(15,16)17/h2-5,10H,6-9H2,1H3,(H,18,20). The molecule has 0 aromatic heterocycles. The summed E-state index contributed by atoms with van der Waals surface area (Å²) in [6, 6.07) is 4.62. The predicted octanol–water partition coefficient (Wildman–Crippen LogP) is 1.73. The minimum absolute atomic E-state index is 0.0563. The Labute approximate surface area is 137 Å². The molecule has 1 aromatic rings. The van der Waals surface area contributed by atoms with Gasteiger partial charge in [-0.3, -0.25) is 4.79 Å². The first-order valence-corrected chi connectivity index (χ1v) is 8.65. The molecule has 6 nitrogen and oxygen atoms in total. The molecule has 1 aromatic carbocycles. The molecule has 1 saturated heterocycles. The highest BCUT2D eigenvalue weighted by molar-refractivity contribution is 7.89. The number of hydrogen-bond donors (Lipinski definition) is 1. The second kappa shape index (κ2) is 6.98. The molecule has 0 bridgehead atoms. The minimum Gasteiger partial charge on any atom is -0.404 e. The van der Waals surface area contributed by atoms with E-state index in [4.69, 9.17) is 0 Å². The molecule has 1 aliphatic heterocycles. The van der Waals surface area contributed by atoms with Crippen LogP contribution in [0, 0.1) is 5.92 Å². The summed E-state index contributed by atoms with van der Waals surface area (Å²) in [7, 11) is -2.65. The molecule has 0 atom stereocenters. The summed E-state index contributed by atoms with van der Waals surface area (Å²) in [5, 5.41) is 2.50. The minimum atomic E-state index is -4.99. The molecule has 0 radical (unpaired) electrons. The van der Waals surface area contributed by atoms with Crippen LogP contribution in [-0.4, -0.2) is 45.1 Å². The van der Waals surface area contributed by atoms with Crippen LogP contribution >= 0.6 is 0 Å². The number of sulfonamides is 1. The Morgan fingerprint density at radius 2 is 1.83 bits per heavy atom. The van der Waals surface area contributed by atoms with Crippen molar-refractivity contribution in [3.8, 4) is 5.75 Å². The summed E-state index contributed by atoms with van der Waals surface area (Å²) in [5.41, 5.74) is 0. The summed E-state index contributed by atoms with van der Waals surface area (Å²) < 4.78 is 67.5. The molecule has 10 heteroatoms. The van der Waals surface area contributed by atoms with Crippen molar-refractivity contribution in [2.45, 2.75) is 24.1 Å². The van der Waals surface area contributed by atoms with Gasteiger partial charge in [0, 0.05) is 26.1 Å². The smallest absolute Gasteiger partial charge is 0.404 e. The zero-order valence-corrected chi connectivity index (χ0v) is 13.7. The van der Waals surface area contributed by atoms with Crippen LogP contribution in [0.1, 0.15) is 12.8 Å². The maximum Gasteiger partial charge on any atom is 0.573 e. The molecule has 1 aliphatic rings. The Balaban J connectivity index is 2.22. The zero-order valence-electron chi connectivity index (χ0n) is 12.8. The van der Waals surface area contributed by atoms with Crippen LogP contribution in [0.2, 0.25) is 0 Å². The molecular weight excluding hydrogens is 349 g/mol. The number of ether oxygens (including phenoxy) is 1. The van der Waals surface area contributed by atoms with Crippen molar-refractivity contribution in [3.05, 3.63) is 24.3 Å². The first kappa shape index (κ1) is 18.5. The normalized spacial score (nSPS) is 17.5. The predicted molar refractivity (Wildman–Crippen MR) is 78.7 cm³/mol. The van der Waals surface area contributed by atoms with E-state index < -0.39 is 27.0 Å². The van der Waals surface area contributed by atoms with E-state index in [-0.39, 0.29) is 24.9 Å². The van der Waals surface area contributed by atoms with Gasteiger partial charge in [-0.05, 0) is 25.0 Å². The third kappa shape index (κ3) is 4.18. The molecule has 0 aliphatic carbocycles. The number of amides is 1. The van der Waals surface area contributed by atoms with Crippen molar-refractivity contribution in [1.29, 1.82) is 0 Å². The molecule has 2 rings (SSSR count). The van der Waals surface area contributed by atoms with Crippen molar-refractivity contribution in [1.82, 2.24) is 9.62 Å². The van der Waals surface area contributed by atoms with E-state index in [9.17, 15) is 26.4 Å². The Hall–Kier alpha value is -1.81. The molecule has 0 saturated carbocycles. The van der Waals surface area contributed by atoms with Crippen LogP contribution in [0.4, 0.5) is 13.2 Å². The van der Waals surface area contributed by atoms with Crippen LogP contribution in [0.15, 0.2) is 29.2 Å². The summed E-state index contributed by atoms with van der Waals surface area (Å²) in [6.07, 6.45) is -4.37. The average Bonchev–Trinajstić information content (AvgIpc) is 2.53. The molecule has 0 unspecified atom stereocenters. The maximum absolute atomic E-state index is 12.6. The summed E-state index contributed by atoms with van der Waals surface area (Å²) in [6.45, 7) is 0.113. The first-order chi connectivity index (χ1) is 11.1. The highest BCUT2D eigenvalue weighted by Crippen LogP contribution is 2.32. The van der Waals surface area contributed by atoms with Gasteiger partial charge in [0.25, 0.3) is 0 Å². The second-order valence-electron chi connectivity index (χ2n) is 5.29. The number of hydrogen-bond acceptors (Lipinski definition) is 4. The number of carbonyl (C=O) groups is 1. The highest BCUT2D eigenvalue weighted by atomic mass is 32.2. The van der Waals surface area contributed by atoms with Gasteiger partial charge in [0.2, 0.25) is 15.9 Å². The maximum atomic E-state index is 12.6. The average molecular weight is 366 g/mol. The van der Waals surface area contributed by atoms with Gasteiger partial charge in [-0.25, -0.2) is 8.42 Å². The third-order valence-corrected chi connectivity index (χ3v) is 5.70. The quantitative estimate of drug-likeness (QED) is 0.881. The summed E-state index contributed by atoms with van der Waals surface area (Å²) >= 11 is 0. The topological polar surface area (TPSA) is 75.7 Å². The van der Waals surface area contributed by atoms with Crippen LogP contribution < -0.4 is 10.1 Å². The number of nitrogens with one attached hydrogen (secondary N) is 1. The second-order valence-corrected chi connectivity index (χ2v) is 7.19. The van der Waals surface area contributed by atoms with Gasteiger partial charge in [0.15, 0.2) is 0 Å². The van der Waals surface area contributed by atoms with Crippen LogP contribution in [0.5, 0.6) is 5.75 Å². The van der Waals surface area contributed by atoms with Crippen molar-refractivity contribution < 1.29 is 31.1 Å². The van der Waals surface area contributed by atoms with Crippen LogP contribution in [0.25, 0.3) is 0 Å². The number of nitrogens with zero attached hydrogens (tertiary/aromatic N) is 1. The fourth-order valence-corrected chi connectivity index (χ4v) is 4.16. The van der Waals surface area contributed by atoms with Gasteiger partial charge in [0.1, 0.15) is 10.6 Å². The Bertz CT molecular complexity index is 698. The van der Waals surface area contributed by atoms with E-state index in [0.717, 1.165) is 16.4 Å². The fourth-order valence-electron chi connectivity index (χ4n) is 2.57. The van der Waals surface area contributed by atoms with Gasteiger partial charge in [-0.15, -0.1) is 13.2 Å². The van der Waals surface area contributed by atoms with Gasteiger partial charge in [-0.1, -0.05) is 12.1 Å². The molecule has 24 heavy (non-hydrogen) atoms. The fraction of sp³-hybridized carbons (Fsp3) is 0.500. The molecule has 1 amide bonds. The van der Waals surface area contributed by atoms with Crippen molar-refractivity contribution in [3.63, 3.8) is 0 Å². The Morgan fingerprint density at radius 1 is 1.25 bits per heavy atom. The number of para-hydroxylation sites is 1. The lowest BCUT2D eigenvalue weighted by Crippen LogP contribution is -2.42. The van der Waals surface area contributed by atoms with E-state index in [0.29, 0.717) is 12.8 Å². The van der Waals surface area contributed by atoms with Gasteiger partial charge in [-0.2, -0.15) is 4.31 Å². The van der Waals surface area contributed by atoms with E-state index in [1.54, 1.807) is 0 Å². The van der Waals surface area contributed by atoms with E-state index in [1.807, 2.05) is 0 Å². The van der Waals surface area contributed by atoms with Gasteiger partial charge in [0.05, 0.1) is 0 Å². The number of piperidine rings is 1. The van der Waals surface area contributed by atoms with Gasteiger partial charge < -0.3 is 10.1 Å². The molecule has 0 spiro atoms.